The topological polar surface area (TPSA) is 25.2 Å². The zero-order valence-corrected chi connectivity index (χ0v) is 13.7. The van der Waals surface area contributed by atoms with Crippen molar-refractivity contribution in [3.05, 3.63) is 75.4 Å². The van der Waals surface area contributed by atoms with Crippen LogP contribution in [-0.4, -0.2) is 0 Å². The Labute approximate surface area is 143 Å². The summed E-state index contributed by atoms with van der Waals surface area (Å²) in [5.74, 6) is 1.59. The second-order valence-corrected chi connectivity index (χ2v) is 6.03. The summed E-state index contributed by atoms with van der Waals surface area (Å²) in [5.41, 5.74) is 1.76. The zero-order chi connectivity index (χ0) is 15.5. The number of furan rings is 1. The third-order valence-corrected chi connectivity index (χ3v) is 3.94. The maximum absolute atomic E-state index is 6.12. The fourth-order valence-electron chi connectivity index (χ4n) is 2.08. The van der Waals surface area contributed by atoms with Gasteiger partial charge in [-0.1, -0.05) is 46.9 Å². The van der Waals surface area contributed by atoms with Crippen LogP contribution in [0.3, 0.4) is 0 Å². The molecule has 0 spiro atoms. The van der Waals surface area contributed by atoms with Gasteiger partial charge in [0.25, 0.3) is 0 Å². The Hall–Kier alpha value is -1.61. The maximum Gasteiger partial charge on any atom is 0.134 e. The van der Waals surface area contributed by atoms with E-state index in [4.69, 9.17) is 39.2 Å². The Bertz CT molecular complexity index is 798. The average Bonchev–Trinajstić information content (AvgIpc) is 2.95. The molecule has 22 heavy (non-hydrogen) atoms. The van der Waals surface area contributed by atoms with Gasteiger partial charge in [-0.15, -0.1) is 0 Å². The first-order chi connectivity index (χ1) is 10.6. The first-order valence-electron chi connectivity index (χ1n) is 6.65. The summed E-state index contributed by atoms with van der Waals surface area (Å²) < 4.78 is 5.82. The number of hydrogen-bond donors (Lipinski definition) is 1. The van der Waals surface area contributed by atoms with Gasteiger partial charge in [0.1, 0.15) is 11.5 Å². The molecule has 0 radical (unpaired) electrons. The van der Waals surface area contributed by atoms with Crippen LogP contribution in [0.2, 0.25) is 15.1 Å². The molecule has 112 valence electrons. The lowest BCUT2D eigenvalue weighted by Crippen LogP contribution is -1.98. The van der Waals surface area contributed by atoms with Crippen molar-refractivity contribution in [3.8, 4) is 11.3 Å². The highest BCUT2D eigenvalue weighted by Gasteiger charge is 2.06. The highest BCUT2D eigenvalue weighted by molar-refractivity contribution is 6.36. The highest BCUT2D eigenvalue weighted by atomic mass is 35.5. The molecule has 3 aromatic rings. The predicted octanol–water partition coefficient (Wildman–Crippen LogP) is 6.52. The Morgan fingerprint density at radius 1 is 0.864 bits per heavy atom. The molecule has 0 bridgehead atoms. The second-order valence-electron chi connectivity index (χ2n) is 4.75. The van der Waals surface area contributed by atoms with Gasteiger partial charge in [0.15, 0.2) is 0 Å². The highest BCUT2D eigenvalue weighted by Crippen LogP contribution is 2.27. The minimum atomic E-state index is 0.530. The van der Waals surface area contributed by atoms with Crippen LogP contribution in [0.1, 0.15) is 5.76 Å². The molecular formula is C17H12Cl3NO. The molecule has 1 heterocycles. The number of hydrogen-bond acceptors (Lipinski definition) is 2. The van der Waals surface area contributed by atoms with E-state index in [9.17, 15) is 0 Å². The van der Waals surface area contributed by atoms with Crippen LogP contribution in [0, 0.1) is 0 Å². The van der Waals surface area contributed by atoms with Crippen molar-refractivity contribution in [1.29, 1.82) is 0 Å². The van der Waals surface area contributed by atoms with Crippen LogP contribution < -0.4 is 5.32 Å². The number of benzene rings is 2. The zero-order valence-electron chi connectivity index (χ0n) is 11.4. The summed E-state index contributed by atoms with van der Waals surface area (Å²) >= 11 is 18.0. The van der Waals surface area contributed by atoms with E-state index in [0.717, 1.165) is 22.8 Å². The molecule has 0 saturated heterocycles. The fraction of sp³-hybridized carbons (Fsp3) is 0.0588. The molecule has 1 N–H and O–H groups in total. The van der Waals surface area contributed by atoms with Crippen LogP contribution in [0.4, 0.5) is 5.69 Å². The van der Waals surface area contributed by atoms with E-state index in [2.05, 4.69) is 5.32 Å². The first kappa shape index (κ1) is 15.3. The van der Waals surface area contributed by atoms with Crippen molar-refractivity contribution in [2.45, 2.75) is 6.54 Å². The van der Waals surface area contributed by atoms with Gasteiger partial charge in [0.2, 0.25) is 0 Å². The van der Waals surface area contributed by atoms with Gasteiger partial charge >= 0.3 is 0 Å². The van der Waals surface area contributed by atoms with E-state index in [1.807, 2.05) is 42.5 Å². The van der Waals surface area contributed by atoms with Crippen molar-refractivity contribution in [3.63, 3.8) is 0 Å². The van der Waals surface area contributed by atoms with Crippen molar-refractivity contribution in [2.75, 3.05) is 5.32 Å². The van der Waals surface area contributed by atoms with Crippen molar-refractivity contribution in [2.24, 2.45) is 0 Å². The van der Waals surface area contributed by atoms with Crippen LogP contribution in [0.15, 0.2) is 59.0 Å². The Kier molecular flexibility index (Phi) is 4.63. The molecule has 0 amide bonds. The third kappa shape index (κ3) is 3.58. The molecule has 0 atom stereocenters. The number of rotatable bonds is 4. The minimum absolute atomic E-state index is 0.530. The van der Waals surface area contributed by atoms with E-state index in [1.54, 1.807) is 12.1 Å². The smallest absolute Gasteiger partial charge is 0.134 e. The lowest BCUT2D eigenvalue weighted by Gasteiger charge is -2.07. The van der Waals surface area contributed by atoms with E-state index in [-0.39, 0.29) is 0 Å². The maximum atomic E-state index is 6.12. The van der Waals surface area contributed by atoms with Gasteiger partial charge < -0.3 is 9.73 Å². The fourth-order valence-corrected chi connectivity index (χ4v) is 2.75. The molecule has 0 aliphatic rings. The van der Waals surface area contributed by atoms with E-state index in [0.29, 0.717) is 21.6 Å². The first-order valence-corrected chi connectivity index (χ1v) is 7.79. The number of halogens is 3. The minimum Gasteiger partial charge on any atom is -0.459 e. The van der Waals surface area contributed by atoms with Crippen LogP contribution in [0.25, 0.3) is 11.3 Å². The standard InChI is InChI=1S/C17H12Cl3NO/c18-12-3-1-2-11(8-12)17-7-5-14(22-17)10-21-16-6-4-13(19)9-15(16)20/h1-9,21H,10H2. The Balaban J connectivity index is 1.72. The van der Waals surface area contributed by atoms with Gasteiger partial charge in [-0.05, 0) is 42.5 Å². The molecule has 2 nitrogen and oxygen atoms in total. The number of anilines is 1. The van der Waals surface area contributed by atoms with Gasteiger partial charge in [0.05, 0.1) is 17.3 Å². The predicted molar refractivity (Wildman–Crippen MR) is 92.9 cm³/mol. The molecule has 5 heteroatoms. The van der Waals surface area contributed by atoms with Crippen molar-refractivity contribution >= 4 is 40.5 Å². The molecule has 0 aliphatic carbocycles. The summed E-state index contributed by atoms with van der Waals surface area (Å²) in [5, 5.41) is 5.09. The van der Waals surface area contributed by atoms with Gasteiger partial charge in [-0.3, -0.25) is 0 Å². The quantitative estimate of drug-likeness (QED) is 0.578. The third-order valence-electron chi connectivity index (χ3n) is 3.15. The Morgan fingerprint density at radius 3 is 2.45 bits per heavy atom. The van der Waals surface area contributed by atoms with Crippen molar-refractivity contribution < 1.29 is 4.42 Å². The SMILES string of the molecule is Clc1cccc(-c2ccc(CNc3ccc(Cl)cc3Cl)o2)c1. The molecule has 3 rings (SSSR count). The molecule has 1 aromatic heterocycles. The Morgan fingerprint density at radius 2 is 1.68 bits per heavy atom. The van der Waals surface area contributed by atoms with E-state index in [1.165, 1.54) is 0 Å². The van der Waals surface area contributed by atoms with E-state index >= 15 is 0 Å². The van der Waals surface area contributed by atoms with E-state index < -0.39 is 0 Å². The average molecular weight is 353 g/mol. The summed E-state index contributed by atoms with van der Waals surface area (Å²) in [4.78, 5) is 0. The molecule has 0 saturated carbocycles. The molecule has 0 fully saturated rings. The van der Waals surface area contributed by atoms with Crippen molar-refractivity contribution in [1.82, 2.24) is 0 Å². The van der Waals surface area contributed by atoms with Crippen LogP contribution in [0.5, 0.6) is 0 Å². The summed E-state index contributed by atoms with van der Waals surface area (Å²) in [6.07, 6.45) is 0. The molecule has 0 aliphatic heterocycles. The number of nitrogens with one attached hydrogen (secondary N) is 1. The second kappa shape index (κ2) is 6.66. The normalized spacial score (nSPS) is 10.7. The van der Waals surface area contributed by atoms with Crippen LogP contribution >= 0.6 is 34.8 Å². The van der Waals surface area contributed by atoms with Crippen LogP contribution in [-0.2, 0) is 6.54 Å². The lowest BCUT2D eigenvalue weighted by molar-refractivity contribution is 0.531. The summed E-state index contributed by atoms with van der Waals surface area (Å²) in [6, 6.07) is 16.7. The molecule has 2 aromatic carbocycles. The van der Waals surface area contributed by atoms with Gasteiger partial charge in [-0.2, -0.15) is 0 Å². The van der Waals surface area contributed by atoms with Gasteiger partial charge in [0, 0.05) is 15.6 Å². The largest absolute Gasteiger partial charge is 0.459 e. The summed E-state index contributed by atoms with van der Waals surface area (Å²) in [7, 11) is 0. The molecule has 0 unspecified atom stereocenters. The monoisotopic (exact) mass is 351 g/mol. The lowest BCUT2D eigenvalue weighted by atomic mass is 10.2. The van der Waals surface area contributed by atoms with Gasteiger partial charge in [-0.25, -0.2) is 0 Å². The summed E-state index contributed by atoms with van der Waals surface area (Å²) in [6.45, 7) is 0.530. The molecular weight excluding hydrogens is 341 g/mol.